The van der Waals surface area contributed by atoms with Crippen LogP contribution in [0.2, 0.25) is 0 Å². The highest BCUT2D eigenvalue weighted by atomic mass is 15.1. The van der Waals surface area contributed by atoms with Crippen LogP contribution in [0, 0.1) is 5.92 Å². The molecule has 0 bridgehead atoms. The van der Waals surface area contributed by atoms with Crippen LogP contribution in [0.5, 0.6) is 0 Å². The van der Waals surface area contributed by atoms with Crippen LogP contribution < -0.4 is 5.73 Å². The number of rotatable bonds is 3. The highest BCUT2D eigenvalue weighted by Gasteiger charge is 2.22. The zero-order valence-electron chi connectivity index (χ0n) is 9.79. The molecule has 0 aromatic carbocycles. The zero-order chi connectivity index (χ0) is 10.6. The van der Waals surface area contributed by atoms with Crippen LogP contribution in [-0.4, -0.2) is 30.6 Å². The second-order valence-electron chi connectivity index (χ2n) is 4.80. The summed E-state index contributed by atoms with van der Waals surface area (Å²) in [5.41, 5.74) is 7.46. The monoisotopic (exact) mass is 196 g/mol. The predicted octanol–water partition coefficient (Wildman–Crippen LogP) is 2.01. The molecule has 0 amide bonds. The van der Waals surface area contributed by atoms with Crippen molar-refractivity contribution in [1.29, 1.82) is 0 Å². The van der Waals surface area contributed by atoms with E-state index in [1.165, 1.54) is 31.5 Å². The molecule has 1 saturated heterocycles. The molecular formula is C12H24N2. The molecule has 0 radical (unpaired) electrons. The highest BCUT2D eigenvalue weighted by molar-refractivity contribution is 4.93. The van der Waals surface area contributed by atoms with Crippen molar-refractivity contribution in [2.75, 3.05) is 19.6 Å². The fraction of sp³-hybridized carbons (Fsp3) is 0.833. The van der Waals surface area contributed by atoms with Gasteiger partial charge in [0, 0.05) is 19.1 Å². The van der Waals surface area contributed by atoms with Crippen LogP contribution in [0.4, 0.5) is 0 Å². The van der Waals surface area contributed by atoms with Crippen molar-refractivity contribution in [3.05, 3.63) is 11.6 Å². The molecule has 1 aliphatic rings. The Morgan fingerprint density at radius 1 is 1.50 bits per heavy atom. The van der Waals surface area contributed by atoms with Gasteiger partial charge in [-0.15, -0.1) is 0 Å². The zero-order valence-corrected chi connectivity index (χ0v) is 9.79. The minimum Gasteiger partial charge on any atom is -0.326 e. The van der Waals surface area contributed by atoms with Crippen molar-refractivity contribution >= 4 is 0 Å². The van der Waals surface area contributed by atoms with E-state index in [0.29, 0.717) is 12.0 Å². The lowest BCUT2D eigenvalue weighted by Crippen LogP contribution is -2.47. The van der Waals surface area contributed by atoms with Crippen molar-refractivity contribution in [1.82, 2.24) is 4.90 Å². The predicted molar refractivity (Wildman–Crippen MR) is 62.2 cm³/mol. The highest BCUT2D eigenvalue weighted by Crippen LogP contribution is 2.15. The van der Waals surface area contributed by atoms with Gasteiger partial charge in [0.25, 0.3) is 0 Å². The molecule has 14 heavy (non-hydrogen) atoms. The lowest BCUT2D eigenvalue weighted by atomic mass is 9.94. The molecule has 0 saturated carbocycles. The molecule has 2 atom stereocenters. The molecule has 1 fully saturated rings. The Hall–Kier alpha value is -0.340. The van der Waals surface area contributed by atoms with Crippen molar-refractivity contribution in [2.45, 2.75) is 39.7 Å². The van der Waals surface area contributed by atoms with E-state index in [4.69, 9.17) is 5.73 Å². The smallest absolute Gasteiger partial charge is 0.0194 e. The van der Waals surface area contributed by atoms with E-state index >= 15 is 0 Å². The summed E-state index contributed by atoms with van der Waals surface area (Å²) in [4.78, 5) is 2.49. The summed E-state index contributed by atoms with van der Waals surface area (Å²) in [6.07, 6.45) is 4.74. The topological polar surface area (TPSA) is 29.3 Å². The first-order valence-corrected chi connectivity index (χ1v) is 5.71. The molecule has 1 aliphatic heterocycles. The minimum absolute atomic E-state index is 0.385. The van der Waals surface area contributed by atoms with Crippen LogP contribution in [-0.2, 0) is 0 Å². The van der Waals surface area contributed by atoms with Crippen molar-refractivity contribution < 1.29 is 0 Å². The van der Waals surface area contributed by atoms with Gasteiger partial charge in [0.1, 0.15) is 0 Å². The largest absolute Gasteiger partial charge is 0.326 e. The quantitative estimate of drug-likeness (QED) is 0.700. The third-order valence-electron chi connectivity index (χ3n) is 3.10. The van der Waals surface area contributed by atoms with Gasteiger partial charge in [-0.2, -0.15) is 0 Å². The molecule has 1 heterocycles. The Kier molecular flexibility index (Phi) is 4.63. The van der Waals surface area contributed by atoms with Crippen LogP contribution in [0.25, 0.3) is 0 Å². The second-order valence-corrected chi connectivity index (χ2v) is 4.80. The Morgan fingerprint density at radius 3 is 2.79 bits per heavy atom. The van der Waals surface area contributed by atoms with Gasteiger partial charge in [0.2, 0.25) is 0 Å². The lowest BCUT2D eigenvalue weighted by molar-refractivity contribution is 0.171. The SMILES string of the molecule is CC(C)=CCCN1CCC(C)C(N)C1. The fourth-order valence-electron chi connectivity index (χ4n) is 1.91. The number of piperidine rings is 1. The molecule has 2 N–H and O–H groups in total. The summed E-state index contributed by atoms with van der Waals surface area (Å²) in [5.74, 6) is 0.703. The van der Waals surface area contributed by atoms with Gasteiger partial charge in [0.15, 0.2) is 0 Å². The van der Waals surface area contributed by atoms with Gasteiger partial charge in [-0.3, -0.25) is 0 Å². The van der Waals surface area contributed by atoms with Crippen LogP contribution in [0.3, 0.4) is 0 Å². The molecule has 2 unspecified atom stereocenters. The first-order chi connectivity index (χ1) is 6.59. The van der Waals surface area contributed by atoms with Gasteiger partial charge in [-0.25, -0.2) is 0 Å². The third kappa shape index (κ3) is 3.81. The maximum atomic E-state index is 6.04. The van der Waals surface area contributed by atoms with E-state index in [1.54, 1.807) is 0 Å². The van der Waals surface area contributed by atoms with Crippen LogP contribution in [0.1, 0.15) is 33.6 Å². The van der Waals surface area contributed by atoms with E-state index in [1.807, 2.05) is 0 Å². The van der Waals surface area contributed by atoms with Gasteiger partial charge >= 0.3 is 0 Å². The molecule has 0 aliphatic carbocycles. The third-order valence-corrected chi connectivity index (χ3v) is 3.10. The number of allylic oxidation sites excluding steroid dienone is 1. The molecule has 2 nitrogen and oxygen atoms in total. The molecule has 82 valence electrons. The van der Waals surface area contributed by atoms with E-state index in [9.17, 15) is 0 Å². The Morgan fingerprint density at radius 2 is 2.21 bits per heavy atom. The molecule has 0 aromatic rings. The summed E-state index contributed by atoms with van der Waals surface area (Å²) in [6.45, 7) is 10.1. The molecule has 2 heteroatoms. The number of nitrogens with zero attached hydrogens (tertiary/aromatic N) is 1. The number of likely N-dealkylation sites (tertiary alicyclic amines) is 1. The Bertz CT molecular complexity index is 194. The maximum Gasteiger partial charge on any atom is 0.0194 e. The Balaban J connectivity index is 2.23. The molecule has 1 rings (SSSR count). The van der Waals surface area contributed by atoms with Gasteiger partial charge in [0.05, 0.1) is 0 Å². The summed E-state index contributed by atoms with van der Waals surface area (Å²) in [7, 11) is 0. The fourth-order valence-corrected chi connectivity index (χ4v) is 1.91. The average Bonchev–Trinajstić information content (AvgIpc) is 2.10. The summed E-state index contributed by atoms with van der Waals surface area (Å²) in [6, 6.07) is 0.385. The van der Waals surface area contributed by atoms with Gasteiger partial charge in [-0.1, -0.05) is 18.6 Å². The average molecular weight is 196 g/mol. The number of hydrogen-bond acceptors (Lipinski definition) is 2. The molecule has 0 spiro atoms. The van der Waals surface area contributed by atoms with Crippen molar-refractivity contribution in [2.24, 2.45) is 11.7 Å². The van der Waals surface area contributed by atoms with Crippen LogP contribution in [0.15, 0.2) is 11.6 Å². The van der Waals surface area contributed by atoms with E-state index in [-0.39, 0.29) is 0 Å². The molecule has 0 aromatic heterocycles. The number of hydrogen-bond donors (Lipinski definition) is 1. The van der Waals surface area contributed by atoms with E-state index in [2.05, 4.69) is 31.7 Å². The summed E-state index contributed by atoms with van der Waals surface area (Å²) in [5, 5.41) is 0. The minimum atomic E-state index is 0.385. The van der Waals surface area contributed by atoms with Gasteiger partial charge < -0.3 is 10.6 Å². The summed E-state index contributed by atoms with van der Waals surface area (Å²) < 4.78 is 0. The van der Waals surface area contributed by atoms with E-state index < -0.39 is 0 Å². The standard InChI is InChI=1S/C12H24N2/c1-10(2)5-4-7-14-8-6-11(3)12(13)9-14/h5,11-12H,4,6-9,13H2,1-3H3. The first kappa shape index (κ1) is 11.7. The summed E-state index contributed by atoms with van der Waals surface area (Å²) >= 11 is 0. The molecular weight excluding hydrogens is 172 g/mol. The number of nitrogens with two attached hydrogens (primary N) is 1. The van der Waals surface area contributed by atoms with Crippen molar-refractivity contribution in [3.8, 4) is 0 Å². The maximum absolute atomic E-state index is 6.04. The van der Waals surface area contributed by atoms with Crippen LogP contribution >= 0.6 is 0 Å². The lowest BCUT2D eigenvalue weighted by Gasteiger charge is -2.34. The van der Waals surface area contributed by atoms with Crippen molar-refractivity contribution in [3.63, 3.8) is 0 Å². The van der Waals surface area contributed by atoms with Gasteiger partial charge in [-0.05, 0) is 39.2 Å². The normalized spacial score (nSPS) is 28.9. The first-order valence-electron chi connectivity index (χ1n) is 5.71. The second kappa shape index (κ2) is 5.52. The van der Waals surface area contributed by atoms with E-state index in [0.717, 1.165) is 6.54 Å². The Labute approximate surface area is 88.2 Å².